The topological polar surface area (TPSA) is 15.3 Å². The summed E-state index contributed by atoms with van der Waals surface area (Å²) in [6.07, 6.45) is 6.96. The minimum absolute atomic E-state index is 0.403. The number of nitrogens with zero attached hydrogens (tertiary/aromatic N) is 1. The lowest BCUT2D eigenvalue weighted by Crippen LogP contribution is -2.52. The first-order valence-corrected chi connectivity index (χ1v) is 6.56. The first-order chi connectivity index (χ1) is 7.13. The van der Waals surface area contributed by atoms with Crippen molar-refractivity contribution in [1.29, 1.82) is 0 Å². The number of piperidine rings is 1. The Hall–Kier alpha value is -0.0800. The fourth-order valence-electron chi connectivity index (χ4n) is 3.14. The molecule has 0 radical (unpaired) electrons. The van der Waals surface area contributed by atoms with Gasteiger partial charge in [-0.2, -0.15) is 0 Å². The monoisotopic (exact) mass is 210 g/mol. The van der Waals surface area contributed by atoms with E-state index in [-0.39, 0.29) is 0 Å². The lowest BCUT2D eigenvalue weighted by atomic mass is 9.89. The molecule has 2 heteroatoms. The molecule has 0 aromatic rings. The lowest BCUT2D eigenvalue weighted by Gasteiger charge is -2.41. The standard InChI is InChI=1S/C13H26N2/c1-11-4-5-12(10-11)15-8-6-13(2,14-3)7-9-15/h11-12,14H,4-10H2,1-3H3. The molecule has 1 N–H and O–H groups in total. The molecule has 0 aromatic heterocycles. The largest absolute Gasteiger partial charge is 0.314 e. The van der Waals surface area contributed by atoms with E-state index in [1.165, 1.54) is 45.2 Å². The zero-order chi connectivity index (χ0) is 10.9. The summed E-state index contributed by atoms with van der Waals surface area (Å²) >= 11 is 0. The van der Waals surface area contributed by atoms with Crippen LogP contribution in [0.25, 0.3) is 0 Å². The van der Waals surface area contributed by atoms with Crippen molar-refractivity contribution >= 4 is 0 Å². The second-order valence-corrected chi connectivity index (χ2v) is 5.92. The maximum atomic E-state index is 3.47. The third-order valence-electron chi connectivity index (χ3n) is 4.69. The average molecular weight is 210 g/mol. The summed E-state index contributed by atoms with van der Waals surface area (Å²) < 4.78 is 0. The molecule has 15 heavy (non-hydrogen) atoms. The molecule has 1 aliphatic carbocycles. The fraction of sp³-hybridized carbons (Fsp3) is 1.00. The van der Waals surface area contributed by atoms with E-state index in [9.17, 15) is 0 Å². The van der Waals surface area contributed by atoms with Crippen molar-refractivity contribution in [2.45, 2.75) is 57.5 Å². The van der Waals surface area contributed by atoms with E-state index < -0.39 is 0 Å². The predicted octanol–water partition coefficient (Wildman–Crippen LogP) is 2.25. The van der Waals surface area contributed by atoms with Gasteiger partial charge in [0.15, 0.2) is 0 Å². The molecule has 1 aliphatic heterocycles. The van der Waals surface area contributed by atoms with Gasteiger partial charge in [-0.3, -0.25) is 0 Å². The van der Waals surface area contributed by atoms with E-state index in [0.717, 1.165) is 12.0 Å². The van der Waals surface area contributed by atoms with Crippen LogP contribution in [-0.4, -0.2) is 36.6 Å². The van der Waals surface area contributed by atoms with Crippen LogP contribution < -0.4 is 5.32 Å². The summed E-state index contributed by atoms with van der Waals surface area (Å²) in [7, 11) is 2.10. The van der Waals surface area contributed by atoms with E-state index in [0.29, 0.717) is 5.54 Å². The van der Waals surface area contributed by atoms with Gasteiger partial charge in [0, 0.05) is 24.7 Å². The van der Waals surface area contributed by atoms with Crippen LogP contribution in [0.4, 0.5) is 0 Å². The van der Waals surface area contributed by atoms with Crippen LogP contribution in [0.15, 0.2) is 0 Å². The highest BCUT2D eigenvalue weighted by Crippen LogP contribution is 2.32. The Balaban J connectivity index is 1.83. The Labute approximate surface area is 94.4 Å². The average Bonchev–Trinajstić information content (AvgIpc) is 2.66. The van der Waals surface area contributed by atoms with Crippen molar-refractivity contribution in [1.82, 2.24) is 10.2 Å². The smallest absolute Gasteiger partial charge is 0.0174 e. The SMILES string of the molecule is CNC1(C)CCN(C2CCC(C)C2)CC1. The van der Waals surface area contributed by atoms with Crippen LogP contribution in [0.2, 0.25) is 0 Å². The normalized spacial score (nSPS) is 37.0. The highest BCUT2D eigenvalue weighted by atomic mass is 15.2. The van der Waals surface area contributed by atoms with Gasteiger partial charge < -0.3 is 10.2 Å². The Bertz CT molecular complexity index is 207. The number of hydrogen-bond donors (Lipinski definition) is 1. The van der Waals surface area contributed by atoms with Gasteiger partial charge in [0.05, 0.1) is 0 Å². The predicted molar refractivity (Wildman–Crippen MR) is 65.1 cm³/mol. The molecule has 1 heterocycles. The van der Waals surface area contributed by atoms with E-state index >= 15 is 0 Å². The number of hydrogen-bond acceptors (Lipinski definition) is 2. The number of likely N-dealkylation sites (tertiary alicyclic amines) is 1. The molecule has 1 saturated heterocycles. The number of rotatable bonds is 2. The Morgan fingerprint density at radius 2 is 1.87 bits per heavy atom. The van der Waals surface area contributed by atoms with Gasteiger partial charge in [0.25, 0.3) is 0 Å². The second-order valence-electron chi connectivity index (χ2n) is 5.92. The molecule has 0 bridgehead atoms. The molecule has 88 valence electrons. The summed E-state index contributed by atoms with van der Waals surface area (Å²) in [5.74, 6) is 0.965. The Morgan fingerprint density at radius 3 is 2.33 bits per heavy atom. The van der Waals surface area contributed by atoms with Crippen LogP contribution in [0.1, 0.15) is 46.0 Å². The van der Waals surface area contributed by atoms with Crippen LogP contribution >= 0.6 is 0 Å². The summed E-state index contributed by atoms with van der Waals surface area (Å²) in [6.45, 7) is 7.37. The van der Waals surface area contributed by atoms with Gasteiger partial charge in [-0.25, -0.2) is 0 Å². The van der Waals surface area contributed by atoms with Gasteiger partial charge in [0.2, 0.25) is 0 Å². The molecule has 2 fully saturated rings. The molecule has 2 rings (SSSR count). The Kier molecular flexibility index (Phi) is 3.36. The van der Waals surface area contributed by atoms with Gasteiger partial charge in [0.1, 0.15) is 0 Å². The van der Waals surface area contributed by atoms with Crippen molar-refractivity contribution < 1.29 is 0 Å². The van der Waals surface area contributed by atoms with E-state index in [1.807, 2.05) is 0 Å². The molecular weight excluding hydrogens is 184 g/mol. The quantitative estimate of drug-likeness (QED) is 0.752. The molecule has 2 nitrogen and oxygen atoms in total. The highest BCUT2D eigenvalue weighted by molar-refractivity contribution is 4.91. The van der Waals surface area contributed by atoms with Crippen LogP contribution in [-0.2, 0) is 0 Å². The van der Waals surface area contributed by atoms with Crippen molar-refractivity contribution in [3.05, 3.63) is 0 Å². The fourth-order valence-corrected chi connectivity index (χ4v) is 3.14. The second kappa shape index (κ2) is 4.42. The van der Waals surface area contributed by atoms with E-state index in [2.05, 4.69) is 31.1 Å². The number of nitrogens with one attached hydrogen (secondary N) is 1. The molecule has 0 spiro atoms. The zero-order valence-electron chi connectivity index (χ0n) is 10.6. The van der Waals surface area contributed by atoms with Gasteiger partial charge in [-0.15, -0.1) is 0 Å². The minimum atomic E-state index is 0.403. The molecule has 2 unspecified atom stereocenters. The van der Waals surface area contributed by atoms with Crippen LogP contribution in [0.5, 0.6) is 0 Å². The molecule has 0 aromatic carbocycles. The minimum Gasteiger partial charge on any atom is -0.314 e. The third-order valence-corrected chi connectivity index (χ3v) is 4.69. The van der Waals surface area contributed by atoms with Crippen LogP contribution in [0.3, 0.4) is 0 Å². The maximum absolute atomic E-state index is 3.47. The summed E-state index contributed by atoms with van der Waals surface area (Å²) in [5, 5.41) is 3.47. The molecule has 2 atom stereocenters. The molecular formula is C13H26N2. The summed E-state index contributed by atoms with van der Waals surface area (Å²) in [6, 6.07) is 0.904. The first-order valence-electron chi connectivity index (χ1n) is 6.56. The van der Waals surface area contributed by atoms with Crippen LogP contribution in [0, 0.1) is 5.92 Å². The maximum Gasteiger partial charge on any atom is 0.0174 e. The van der Waals surface area contributed by atoms with Crippen molar-refractivity contribution in [2.75, 3.05) is 20.1 Å². The lowest BCUT2D eigenvalue weighted by molar-refractivity contribution is 0.110. The van der Waals surface area contributed by atoms with E-state index in [1.54, 1.807) is 0 Å². The summed E-state index contributed by atoms with van der Waals surface area (Å²) in [4.78, 5) is 2.74. The zero-order valence-corrected chi connectivity index (χ0v) is 10.6. The van der Waals surface area contributed by atoms with Gasteiger partial charge in [-0.1, -0.05) is 6.92 Å². The Morgan fingerprint density at radius 1 is 1.20 bits per heavy atom. The van der Waals surface area contributed by atoms with Crippen molar-refractivity contribution in [3.63, 3.8) is 0 Å². The van der Waals surface area contributed by atoms with Gasteiger partial charge >= 0.3 is 0 Å². The molecule has 2 aliphatic rings. The molecule has 0 amide bonds. The highest BCUT2D eigenvalue weighted by Gasteiger charge is 2.33. The van der Waals surface area contributed by atoms with E-state index in [4.69, 9.17) is 0 Å². The first kappa shape index (κ1) is 11.4. The van der Waals surface area contributed by atoms with Crippen molar-refractivity contribution in [2.24, 2.45) is 5.92 Å². The summed E-state index contributed by atoms with van der Waals surface area (Å²) in [5.41, 5.74) is 0.403. The van der Waals surface area contributed by atoms with Gasteiger partial charge in [-0.05, 0) is 52.0 Å². The molecule has 1 saturated carbocycles. The van der Waals surface area contributed by atoms with Crippen molar-refractivity contribution in [3.8, 4) is 0 Å². The third kappa shape index (κ3) is 2.54.